The van der Waals surface area contributed by atoms with Crippen LogP contribution in [-0.2, 0) is 11.3 Å². The number of nitrogen functional groups attached to an aromatic ring is 1. The summed E-state index contributed by atoms with van der Waals surface area (Å²) < 4.78 is 5.01. The van der Waals surface area contributed by atoms with E-state index in [0.717, 1.165) is 31.1 Å². The molecule has 5 nitrogen and oxygen atoms in total. The number of hydrazine groups is 1. The number of hydrogen-bond acceptors (Lipinski definition) is 5. The number of rotatable bonds is 6. The molecule has 0 aromatic carbocycles. The number of likely N-dealkylation sites (N-methyl/N-ethyl adjacent to an activating group) is 1. The van der Waals surface area contributed by atoms with Gasteiger partial charge in [0.15, 0.2) is 0 Å². The molecule has 1 heterocycles. The van der Waals surface area contributed by atoms with Gasteiger partial charge in [0, 0.05) is 32.0 Å². The number of anilines is 1. The SMILES string of the molecule is COCCN(C)Cc1cccnc1NN. The zero-order valence-electron chi connectivity index (χ0n) is 9.23. The van der Waals surface area contributed by atoms with Gasteiger partial charge in [0.2, 0.25) is 0 Å². The zero-order valence-corrected chi connectivity index (χ0v) is 9.23. The van der Waals surface area contributed by atoms with Crippen LogP contribution >= 0.6 is 0 Å². The van der Waals surface area contributed by atoms with E-state index < -0.39 is 0 Å². The number of aromatic nitrogens is 1. The predicted octanol–water partition coefficient (Wildman–Crippen LogP) is 0.445. The zero-order chi connectivity index (χ0) is 11.1. The van der Waals surface area contributed by atoms with E-state index in [4.69, 9.17) is 10.6 Å². The Balaban J connectivity index is 2.55. The van der Waals surface area contributed by atoms with Crippen LogP contribution in [0.15, 0.2) is 18.3 Å². The minimum atomic E-state index is 0.724. The highest BCUT2D eigenvalue weighted by atomic mass is 16.5. The van der Waals surface area contributed by atoms with Gasteiger partial charge in [-0.05, 0) is 13.1 Å². The molecule has 0 aliphatic rings. The van der Waals surface area contributed by atoms with Crippen LogP contribution in [0.25, 0.3) is 0 Å². The maximum Gasteiger partial charge on any atom is 0.144 e. The molecule has 0 radical (unpaired) electrons. The van der Waals surface area contributed by atoms with E-state index in [1.165, 1.54) is 0 Å². The third kappa shape index (κ3) is 3.83. The number of nitrogens with zero attached hydrogens (tertiary/aromatic N) is 2. The van der Waals surface area contributed by atoms with Crippen molar-refractivity contribution in [2.24, 2.45) is 5.84 Å². The normalized spacial score (nSPS) is 10.7. The molecule has 0 bridgehead atoms. The molecular weight excluding hydrogens is 192 g/mol. The number of nitrogens with two attached hydrogens (primary N) is 1. The molecule has 0 saturated heterocycles. The fraction of sp³-hybridized carbons (Fsp3) is 0.500. The summed E-state index contributed by atoms with van der Waals surface area (Å²) in [6.45, 7) is 2.41. The van der Waals surface area contributed by atoms with Gasteiger partial charge in [-0.1, -0.05) is 6.07 Å². The van der Waals surface area contributed by atoms with Crippen molar-refractivity contribution in [2.45, 2.75) is 6.54 Å². The van der Waals surface area contributed by atoms with Gasteiger partial charge >= 0.3 is 0 Å². The largest absolute Gasteiger partial charge is 0.383 e. The fourth-order valence-corrected chi connectivity index (χ4v) is 1.31. The third-order valence-electron chi connectivity index (χ3n) is 2.15. The minimum Gasteiger partial charge on any atom is -0.383 e. The summed E-state index contributed by atoms with van der Waals surface area (Å²) in [5, 5.41) is 0. The van der Waals surface area contributed by atoms with E-state index in [0.29, 0.717) is 0 Å². The van der Waals surface area contributed by atoms with Crippen LogP contribution in [0, 0.1) is 0 Å². The molecule has 0 saturated carbocycles. The van der Waals surface area contributed by atoms with E-state index >= 15 is 0 Å². The maximum atomic E-state index is 5.37. The van der Waals surface area contributed by atoms with Crippen molar-refractivity contribution in [2.75, 3.05) is 32.7 Å². The molecular formula is C10H18N4O. The number of pyridine rings is 1. The molecule has 0 aliphatic carbocycles. The van der Waals surface area contributed by atoms with Crippen LogP contribution in [0.3, 0.4) is 0 Å². The fourth-order valence-electron chi connectivity index (χ4n) is 1.31. The van der Waals surface area contributed by atoms with Crippen molar-refractivity contribution >= 4 is 5.82 Å². The van der Waals surface area contributed by atoms with Crippen LogP contribution in [-0.4, -0.2) is 37.2 Å². The average Bonchev–Trinajstić information content (AvgIpc) is 2.27. The lowest BCUT2D eigenvalue weighted by atomic mass is 10.2. The van der Waals surface area contributed by atoms with Crippen LogP contribution in [0.1, 0.15) is 5.56 Å². The van der Waals surface area contributed by atoms with Crippen LogP contribution in [0.5, 0.6) is 0 Å². The molecule has 0 spiro atoms. The molecule has 5 heteroatoms. The van der Waals surface area contributed by atoms with Crippen molar-refractivity contribution in [1.82, 2.24) is 9.88 Å². The molecule has 1 aromatic heterocycles. The topological polar surface area (TPSA) is 63.4 Å². The average molecular weight is 210 g/mol. The molecule has 84 valence electrons. The molecule has 0 unspecified atom stereocenters. The first-order valence-corrected chi connectivity index (χ1v) is 4.86. The van der Waals surface area contributed by atoms with E-state index in [1.54, 1.807) is 13.3 Å². The van der Waals surface area contributed by atoms with Gasteiger partial charge in [0.05, 0.1) is 6.61 Å². The molecule has 15 heavy (non-hydrogen) atoms. The quantitative estimate of drug-likeness (QED) is 0.527. The van der Waals surface area contributed by atoms with Gasteiger partial charge < -0.3 is 10.2 Å². The summed E-state index contributed by atoms with van der Waals surface area (Å²) in [6, 6.07) is 3.91. The first-order chi connectivity index (χ1) is 7.27. The van der Waals surface area contributed by atoms with Gasteiger partial charge in [0.25, 0.3) is 0 Å². The standard InChI is InChI=1S/C10H18N4O/c1-14(6-7-15-2)8-9-4-3-5-12-10(9)13-11/h3-5H,6-8,11H2,1-2H3,(H,12,13). The Kier molecular flexibility index (Phi) is 5.03. The molecule has 3 N–H and O–H groups in total. The molecule has 1 rings (SSSR count). The highest BCUT2D eigenvalue weighted by molar-refractivity contribution is 5.42. The minimum absolute atomic E-state index is 0.724. The van der Waals surface area contributed by atoms with E-state index in [1.807, 2.05) is 19.2 Å². The van der Waals surface area contributed by atoms with Crippen molar-refractivity contribution in [3.63, 3.8) is 0 Å². The summed E-state index contributed by atoms with van der Waals surface area (Å²) in [4.78, 5) is 6.29. The second-order valence-corrected chi connectivity index (χ2v) is 3.39. The Labute approximate surface area is 90.2 Å². The summed E-state index contributed by atoms with van der Waals surface area (Å²) in [5.74, 6) is 6.09. The summed E-state index contributed by atoms with van der Waals surface area (Å²) in [6.07, 6.45) is 1.72. The van der Waals surface area contributed by atoms with Crippen molar-refractivity contribution in [3.8, 4) is 0 Å². The van der Waals surface area contributed by atoms with Gasteiger partial charge in [-0.3, -0.25) is 4.90 Å². The lowest BCUT2D eigenvalue weighted by molar-refractivity contribution is 0.158. The number of hydrogen-bond donors (Lipinski definition) is 2. The number of methoxy groups -OCH3 is 1. The Bertz CT molecular complexity index is 293. The smallest absolute Gasteiger partial charge is 0.144 e. The van der Waals surface area contributed by atoms with Gasteiger partial charge in [0.1, 0.15) is 5.82 Å². The highest BCUT2D eigenvalue weighted by Crippen LogP contribution is 2.11. The first kappa shape index (κ1) is 11.9. The molecule has 0 atom stereocenters. The third-order valence-corrected chi connectivity index (χ3v) is 2.15. The Morgan fingerprint density at radius 2 is 2.40 bits per heavy atom. The molecule has 0 aliphatic heterocycles. The van der Waals surface area contributed by atoms with Crippen LogP contribution < -0.4 is 11.3 Å². The predicted molar refractivity (Wildman–Crippen MR) is 60.3 cm³/mol. The van der Waals surface area contributed by atoms with Crippen molar-refractivity contribution < 1.29 is 4.74 Å². The lowest BCUT2D eigenvalue weighted by Gasteiger charge is -2.17. The lowest BCUT2D eigenvalue weighted by Crippen LogP contribution is -2.23. The Morgan fingerprint density at radius 1 is 1.60 bits per heavy atom. The maximum absolute atomic E-state index is 5.37. The van der Waals surface area contributed by atoms with E-state index in [-0.39, 0.29) is 0 Å². The summed E-state index contributed by atoms with van der Waals surface area (Å²) in [7, 11) is 3.73. The Hall–Kier alpha value is -1.17. The van der Waals surface area contributed by atoms with Gasteiger partial charge in [-0.15, -0.1) is 0 Å². The molecule has 0 amide bonds. The van der Waals surface area contributed by atoms with Gasteiger partial charge in [-0.25, -0.2) is 10.8 Å². The van der Waals surface area contributed by atoms with E-state index in [2.05, 4.69) is 15.3 Å². The first-order valence-electron chi connectivity index (χ1n) is 4.86. The molecule has 1 aromatic rings. The highest BCUT2D eigenvalue weighted by Gasteiger charge is 2.04. The van der Waals surface area contributed by atoms with Crippen molar-refractivity contribution in [3.05, 3.63) is 23.9 Å². The van der Waals surface area contributed by atoms with E-state index in [9.17, 15) is 0 Å². The Morgan fingerprint density at radius 3 is 3.07 bits per heavy atom. The van der Waals surface area contributed by atoms with Crippen LogP contribution in [0.2, 0.25) is 0 Å². The van der Waals surface area contributed by atoms with Crippen LogP contribution in [0.4, 0.5) is 5.82 Å². The number of nitrogens with one attached hydrogen (secondary N) is 1. The monoisotopic (exact) mass is 210 g/mol. The molecule has 0 fully saturated rings. The van der Waals surface area contributed by atoms with Gasteiger partial charge in [-0.2, -0.15) is 0 Å². The van der Waals surface area contributed by atoms with Crippen molar-refractivity contribution in [1.29, 1.82) is 0 Å². The number of ether oxygens (including phenoxy) is 1. The summed E-state index contributed by atoms with van der Waals surface area (Å²) >= 11 is 0. The summed E-state index contributed by atoms with van der Waals surface area (Å²) in [5.41, 5.74) is 3.67. The second kappa shape index (κ2) is 6.34. The second-order valence-electron chi connectivity index (χ2n) is 3.39.